The number of halogens is 1. The molecule has 1 aliphatic heterocycles. The van der Waals surface area contributed by atoms with Crippen molar-refractivity contribution in [2.75, 3.05) is 7.05 Å². The summed E-state index contributed by atoms with van der Waals surface area (Å²) in [5.74, 6) is -0.0438. The van der Waals surface area contributed by atoms with Gasteiger partial charge >= 0.3 is 0 Å². The molecule has 1 aliphatic rings. The topological polar surface area (TPSA) is 37.6 Å². The lowest BCUT2D eigenvalue weighted by atomic mass is 10.1. The van der Waals surface area contributed by atoms with Gasteiger partial charge in [-0.2, -0.15) is 0 Å². The Morgan fingerprint density at radius 1 is 1.09 bits per heavy atom. The Bertz CT molecular complexity index is 1250. The molecule has 0 radical (unpaired) electrons. The standard InChI is InChI=1S/C26H26ClN3OS/c1-6-19-9-7-8-16(2)24(19)30-17(3)14-20(18(30)4)15-23-25(31)29(5)26(32-23)28-22-12-10-21(27)11-13-22/h7-15H,6H2,1-5H3/b23-15-,28-26?. The van der Waals surface area contributed by atoms with Gasteiger partial charge in [0.05, 0.1) is 16.3 Å². The van der Waals surface area contributed by atoms with Crippen molar-refractivity contribution in [3.05, 3.63) is 86.5 Å². The molecule has 0 atom stereocenters. The number of amides is 1. The molecule has 1 amide bonds. The first-order valence-corrected chi connectivity index (χ1v) is 11.8. The van der Waals surface area contributed by atoms with Gasteiger partial charge in [-0.3, -0.25) is 9.69 Å². The number of hydrogen-bond acceptors (Lipinski definition) is 3. The largest absolute Gasteiger partial charge is 0.317 e. The predicted octanol–water partition coefficient (Wildman–Crippen LogP) is 6.85. The van der Waals surface area contributed by atoms with E-state index < -0.39 is 0 Å². The maximum absolute atomic E-state index is 12.9. The number of aliphatic imine (C=N–C) groups is 1. The van der Waals surface area contributed by atoms with Crippen molar-refractivity contribution in [1.82, 2.24) is 9.47 Å². The van der Waals surface area contributed by atoms with Crippen LogP contribution in [0.25, 0.3) is 11.8 Å². The molecular weight excluding hydrogens is 438 g/mol. The Morgan fingerprint density at radius 3 is 2.50 bits per heavy atom. The van der Waals surface area contributed by atoms with Crippen LogP contribution in [0, 0.1) is 20.8 Å². The van der Waals surface area contributed by atoms with E-state index in [1.165, 1.54) is 28.6 Å². The van der Waals surface area contributed by atoms with E-state index in [-0.39, 0.29) is 5.91 Å². The summed E-state index contributed by atoms with van der Waals surface area (Å²) in [4.78, 5) is 19.8. The number of rotatable bonds is 4. The molecule has 4 rings (SSSR count). The third-order valence-electron chi connectivity index (χ3n) is 5.74. The molecule has 1 aromatic heterocycles. The van der Waals surface area contributed by atoms with Crippen LogP contribution in [0.1, 0.15) is 35.0 Å². The number of carbonyl (C=O) groups is 1. The fourth-order valence-electron chi connectivity index (χ4n) is 4.02. The summed E-state index contributed by atoms with van der Waals surface area (Å²) in [5, 5.41) is 1.32. The minimum absolute atomic E-state index is 0.0438. The second kappa shape index (κ2) is 9.00. The van der Waals surface area contributed by atoms with Gasteiger partial charge in [0.1, 0.15) is 0 Å². The third kappa shape index (κ3) is 4.15. The minimum Gasteiger partial charge on any atom is -0.317 e. The van der Waals surface area contributed by atoms with Crippen LogP contribution < -0.4 is 0 Å². The van der Waals surface area contributed by atoms with E-state index in [4.69, 9.17) is 11.6 Å². The number of para-hydroxylation sites is 1. The number of aromatic nitrogens is 1. The van der Waals surface area contributed by atoms with Gasteiger partial charge < -0.3 is 4.57 Å². The number of thioether (sulfide) groups is 1. The molecule has 0 bridgehead atoms. The number of carbonyl (C=O) groups excluding carboxylic acids is 1. The van der Waals surface area contributed by atoms with E-state index in [0.717, 1.165) is 29.1 Å². The van der Waals surface area contributed by atoms with Crippen molar-refractivity contribution < 1.29 is 4.79 Å². The summed E-state index contributed by atoms with van der Waals surface area (Å²) in [5.41, 5.74) is 7.88. The molecule has 0 spiro atoms. The zero-order chi connectivity index (χ0) is 23.0. The molecule has 0 aliphatic carbocycles. The first kappa shape index (κ1) is 22.4. The van der Waals surface area contributed by atoms with Crippen LogP contribution in [-0.2, 0) is 11.2 Å². The summed E-state index contributed by atoms with van der Waals surface area (Å²) < 4.78 is 2.30. The van der Waals surface area contributed by atoms with E-state index in [0.29, 0.717) is 15.1 Å². The fourth-order valence-corrected chi connectivity index (χ4v) is 5.13. The summed E-state index contributed by atoms with van der Waals surface area (Å²) in [6.07, 6.45) is 2.95. The SMILES string of the molecule is CCc1cccc(C)c1-n1c(C)cc(/C=C2\SC(=Nc3ccc(Cl)cc3)N(C)C2=O)c1C. The number of hydrogen-bond donors (Lipinski definition) is 0. The second-order valence-corrected chi connectivity index (χ2v) is 9.39. The number of aryl methyl sites for hydroxylation is 3. The zero-order valence-corrected chi connectivity index (χ0v) is 20.5. The van der Waals surface area contributed by atoms with Crippen molar-refractivity contribution in [1.29, 1.82) is 0 Å². The average molecular weight is 464 g/mol. The lowest BCUT2D eigenvalue weighted by Gasteiger charge is -2.17. The van der Waals surface area contributed by atoms with Gasteiger partial charge in [0.25, 0.3) is 5.91 Å². The third-order valence-corrected chi connectivity index (χ3v) is 7.05. The van der Waals surface area contributed by atoms with Crippen LogP contribution in [0.15, 0.2) is 58.4 Å². The first-order valence-electron chi connectivity index (χ1n) is 10.6. The molecule has 1 fully saturated rings. The molecular formula is C26H26ClN3OS. The Balaban J connectivity index is 1.72. The smallest absolute Gasteiger partial charge is 0.266 e. The number of amidine groups is 1. The summed E-state index contributed by atoms with van der Waals surface area (Å²) in [6, 6.07) is 15.9. The Hall–Kier alpha value is -2.76. The first-order chi connectivity index (χ1) is 15.3. The quantitative estimate of drug-likeness (QED) is 0.396. The molecule has 2 heterocycles. The average Bonchev–Trinajstić information content (AvgIpc) is 3.19. The molecule has 0 unspecified atom stereocenters. The maximum atomic E-state index is 12.9. The molecule has 164 valence electrons. The van der Waals surface area contributed by atoms with Gasteiger partial charge in [0, 0.05) is 23.5 Å². The second-order valence-electron chi connectivity index (χ2n) is 7.94. The van der Waals surface area contributed by atoms with E-state index in [1.54, 1.807) is 24.1 Å². The van der Waals surface area contributed by atoms with E-state index in [9.17, 15) is 4.79 Å². The van der Waals surface area contributed by atoms with Crippen LogP contribution in [-0.4, -0.2) is 27.6 Å². The summed E-state index contributed by atoms with van der Waals surface area (Å²) >= 11 is 7.36. The fraction of sp³-hybridized carbons (Fsp3) is 0.231. The predicted molar refractivity (Wildman–Crippen MR) is 136 cm³/mol. The number of likely N-dealkylation sites (N-methyl/N-ethyl adjacent to an activating group) is 1. The van der Waals surface area contributed by atoms with Gasteiger partial charge in [-0.1, -0.05) is 36.7 Å². The van der Waals surface area contributed by atoms with Crippen LogP contribution in [0.2, 0.25) is 5.02 Å². The molecule has 1 saturated heterocycles. The highest BCUT2D eigenvalue weighted by Gasteiger charge is 2.30. The number of benzene rings is 2. The van der Waals surface area contributed by atoms with Gasteiger partial charge in [-0.25, -0.2) is 4.99 Å². The maximum Gasteiger partial charge on any atom is 0.266 e. The zero-order valence-electron chi connectivity index (χ0n) is 18.9. The van der Waals surface area contributed by atoms with E-state index >= 15 is 0 Å². The molecule has 3 aromatic rings. The minimum atomic E-state index is -0.0438. The van der Waals surface area contributed by atoms with Crippen molar-refractivity contribution >= 4 is 46.2 Å². The van der Waals surface area contributed by atoms with Crippen molar-refractivity contribution in [2.24, 2.45) is 4.99 Å². The molecule has 2 aromatic carbocycles. The van der Waals surface area contributed by atoms with Gasteiger partial charge in [0.2, 0.25) is 0 Å². The van der Waals surface area contributed by atoms with Crippen LogP contribution >= 0.6 is 23.4 Å². The Labute approximate surface area is 198 Å². The molecule has 6 heteroatoms. The monoisotopic (exact) mass is 463 g/mol. The van der Waals surface area contributed by atoms with Crippen molar-refractivity contribution in [3.8, 4) is 5.69 Å². The van der Waals surface area contributed by atoms with Gasteiger partial charge in [-0.05, 0) is 92.1 Å². The van der Waals surface area contributed by atoms with Crippen LogP contribution in [0.3, 0.4) is 0 Å². The normalized spacial score (nSPS) is 16.6. The van der Waals surface area contributed by atoms with Crippen LogP contribution in [0.5, 0.6) is 0 Å². The van der Waals surface area contributed by atoms with E-state index in [2.05, 4.69) is 61.5 Å². The van der Waals surface area contributed by atoms with E-state index in [1.807, 2.05) is 18.2 Å². The van der Waals surface area contributed by atoms with Gasteiger partial charge in [-0.15, -0.1) is 0 Å². The molecule has 0 N–H and O–H groups in total. The highest BCUT2D eigenvalue weighted by molar-refractivity contribution is 8.18. The molecule has 4 nitrogen and oxygen atoms in total. The lowest BCUT2D eigenvalue weighted by Crippen LogP contribution is -2.23. The Morgan fingerprint density at radius 2 is 1.81 bits per heavy atom. The molecule has 32 heavy (non-hydrogen) atoms. The highest BCUT2D eigenvalue weighted by atomic mass is 35.5. The molecule has 0 saturated carbocycles. The van der Waals surface area contributed by atoms with Crippen molar-refractivity contribution in [2.45, 2.75) is 34.1 Å². The van der Waals surface area contributed by atoms with Gasteiger partial charge in [0.15, 0.2) is 5.17 Å². The summed E-state index contributed by atoms with van der Waals surface area (Å²) in [7, 11) is 1.76. The van der Waals surface area contributed by atoms with Crippen molar-refractivity contribution in [3.63, 3.8) is 0 Å². The lowest BCUT2D eigenvalue weighted by molar-refractivity contribution is -0.121. The highest BCUT2D eigenvalue weighted by Crippen LogP contribution is 2.35. The summed E-state index contributed by atoms with van der Waals surface area (Å²) in [6.45, 7) is 8.56. The Kier molecular flexibility index (Phi) is 6.31. The number of nitrogens with zero attached hydrogens (tertiary/aromatic N) is 3. The van der Waals surface area contributed by atoms with Crippen LogP contribution in [0.4, 0.5) is 5.69 Å².